The van der Waals surface area contributed by atoms with Crippen LogP contribution in [0, 0.1) is 0 Å². The topological polar surface area (TPSA) is 54.3 Å². The quantitative estimate of drug-likeness (QED) is 0.773. The van der Waals surface area contributed by atoms with Crippen molar-refractivity contribution < 1.29 is 9.21 Å². The fourth-order valence-corrected chi connectivity index (χ4v) is 1.26. The number of amides is 1. The maximum absolute atomic E-state index is 11.3. The smallest absolute Gasteiger partial charge is 0.234 e. The van der Waals surface area contributed by atoms with Crippen LogP contribution >= 0.6 is 0 Å². The van der Waals surface area contributed by atoms with Crippen molar-refractivity contribution in [2.45, 2.75) is 32.9 Å². The summed E-state index contributed by atoms with van der Waals surface area (Å²) < 4.78 is 4.97. The highest BCUT2D eigenvalue weighted by Gasteiger charge is 2.08. The largest absolute Gasteiger partial charge is 0.472 e. The molecule has 0 aliphatic heterocycles. The monoisotopic (exact) mass is 210 g/mol. The lowest BCUT2D eigenvalue weighted by molar-refractivity contribution is -0.120. The minimum atomic E-state index is 0.0142. The van der Waals surface area contributed by atoms with Crippen LogP contribution in [0.2, 0.25) is 0 Å². The van der Waals surface area contributed by atoms with Crippen molar-refractivity contribution in [2.75, 3.05) is 6.54 Å². The zero-order valence-corrected chi connectivity index (χ0v) is 9.41. The molecule has 1 atom stereocenters. The van der Waals surface area contributed by atoms with Crippen molar-refractivity contribution in [3.05, 3.63) is 24.2 Å². The maximum atomic E-state index is 11.3. The molecule has 0 spiro atoms. The summed E-state index contributed by atoms with van der Waals surface area (Å²) in [7, 11) is 0. The SMILES string of the molecule is CC(C)NC(=O)CNC(C)c1ccoc1. The van der Waals surface area contributed by atoms with Gasteiger partial charge in [0.2, 0.25) is 5.91 Å². The summed E-state index contributed by atoms with van der Waals surface area (Å²) in [6.45, 7) is 6.20. The number of furan rings is 1. The van der Waals surface area contributed by atoms with E-state index in [0.29, 0.717) is 6.54 Å². The number of hydrogen-bond acceptors (Lipinski definition) is 3. The molecule has 1 aromatic heterocycles. The van der Waals surface area contributed by atoms with Crippen LogP contribution in [-0.4, -0.2) is 18.5 Å². The molecule has 1 aromatic rings. The first kappa shape index (κ1) is 11.8. The second-order valence-corrected chi connectivity index (χ2v) is 3.88. The van der Waals surface area contributed by atoms with E-state index in [9.17, 15) is 4.79 Å². The fraction of sp³-hybridized carbons (Fsp3) is 0.545. The van der Waals surface area contributed by atoms with Gasteiger partial charge in [0.05, 0.1) is 19.1 Å². The zero-order valence-electron chi connectivity index (χ0n) is 9.41. The summed E-state index contributed by atoms with van der Waals surface area (Å²) in [6.07, 6.45) is 3.31. The van der Waals surface area contributed by atoms with E-state index in [1.165, 1.54) is 0 Å². The Labute approximate surface area is 90.0 Å². The Morgan fingerprint density at radius 1 is 1.47 bits per heavy atom. The summed E-state index contributed by atoms with van der Waals surface area (Å²) in [5, 5.41) is 5.94. The molecule has 2 N–H and O–H groups in total. The zero-order chi connectivity index (χ0) is 11.3. The lowest BCUT2D eigenvalue weighted by Gasteiger charge is -2.13. The molecule has 1 rings (SSSR count). The third-order valence-electron chi connectivity index (χ3n) is 2.06. The average molecular weight is 210 g/mol. The van der Waals surface area contributed by atoms with Gasteiger partial charge in [-0.2, -0.15) is 0 Å². The van der Waals surface area contributed by atoms with E-state index in [-0.39, 0.29) is 18.0 Å². The standard InChI is InChI=1S/C11H18N2O2/c1-8(2)13-11(14)6-12-9(3)10-4-5-15-7-10/h4-5,7-9,12H,6H2,1-3H3,(H,13,14). The molecule has 1 unspecified atom stereocenters. The first-order chi connectivity index (χ1) is 7.09. The van der Waals surface area contributed by atoms with Gasteiger partial charge < -0.3 is 15.1 Å². The van der Waals surface area contributed by atoms with Crippen LogP contribution in [0.1, 0.15) is 32.4 Å². The molecule has 0 aliphatic carbocycles. The second-order valence-electron chi connectivity index (χ2n) is 3.88. The van der Waals surface area contributed by atoms with Crippen LogP contribution in [0.25, 0.3) is 0 Å². The summed E-state index contributed by atoms with van der Waals surface area (Å²) in [4.78, 5) is 11.3. The van der Waals surface area contributed by atoms with E-state index in [1.54, 1.807) is 12.5 Å². The number of carbonyl (C=O) groups is 1. The molecule has 0 aromatic carbocycles. The van der Waals surface area contributed by atoms with Crippen LogP contribution in [0.4, 0.5) is 0 Å². The molecule has 4 heteroatoms. The molecule has 0 radical (unpaired) electrons. The maximum Gasteiger partial charge on any atom is 0.234 e. The predicted molar refractivity (Wildman–Crippen MR) is 58.4 cm³/mol. The minimum absolute atomic E-state index is 0.0142. The molecule has 1 amide bonds. The molecular weight excluding hydrogens is 192 g/mol. The Hall–Kier alpha value is -1.29. The van der Waals surface area contributed by atoms with Crippen LogP contribution in [0.3, 0.4) is 0 Å². The molecule has 1 heterocycles. The lowest BCUT2D eigenvalue weighted by Crippen LogP contribution is -2.38. The highest BCUT2D eigenvalue weighted by atomic mass is 16.3. The van der Waals surface area contributed by atoms with Gasteiger partial charge in [-0.3, -0.25) is 4.79 Å². The van der Waals surface area contributed by atoms with Gasteiger partial charge in [0, 0.05) is 17.6 Å². The van der Waals surface area contributed by atoms with Gasteiger partial charge in [-0.15, -0.1) is 0 Å². The van der Waals surface area contributed by atoms with E-state index in [0.717, 1.165) is 5.56 Å². The van der Waals surface area contributed by atoms with Crippen molar-refractivity contribution in [1.29, 1.82) is 0 Å². The van der Waals surface area contributed by atoms with Crippen molar-refractivity contribution in [3.63, 3.8) is 0 Å². The van der Waals surface area contributed by atoms with Crippen molar-refractivity contribution in [1.82, 2.24) is 10.6 Å². The van der Waals surface area contributed by atoms with Crippen LogP contribution in [0.5, 0.6) is 0 Å². The van der Waals surface area contributed by atoms with Gasteiger partial charge in [-0.1, -0.05) is 0 Å². The second kappa shape index (κ2) is 5.56. The van der Waals surface area contributed by atoms with Gasteiger partial charge in [-0.05, 0) is 26.8 Å². The van der Waals surface area contributed by atoms with Gasteiger partial charge in [0.1, 0.15) is 0 Å². The van der Waals surface area contributed by atoms with E-state index in [4.69, 9.17) is 4.42 Å². The first-order valence-electron chi connectivity index (χ1n) is 5.14. The highest BCUT2D eigenvalue weighted by Crippen LogP contribution is 2.11. The first-order valence-corrected chi connectivity index (χ1v) is 5.14. The number of rotatable bonds is 5. The molecule has 0 saturated carbocycles. The molecular formula is C11H18N2O2. The lowest BCUT2D eigenvalue weighted by atomic mass is 10.2. The number of carbonyl (C=O) groups excluding carboxylic acids is 1. The normalized spacial score (nSPS) is 12.8. The summed E-state index contributed by atoms with van der Waals surface area (Å²) in [5.41, 5.74) is 1.05. The van der Waals surface area contributed by atoms with Gasteiger partial charge in [0.15, 0.2) is 0 Å². The summed E-state index contributed by atoms with van der Waals surface area (Å²) in [5.74, 6) is 0.0142. The van der Waals surface area contributed by atoms with E-state index >= 15 is 0 Å². The predicted octanol–water partition coefficient (Wildman–Crippen LogP) is 1.45. The molecule has 84 valence electrons. The molecule has 0 aliphatic rings. The van der Waals surface area contributed by atoms with Crippen LogP contribution in [-0.2, 0) is 4.79 Å². The van der Waals surface area contributed by atoms with E-state index in [2.05, 4.69) is 10.6 Å². The summed E-state index contributed by atoms with van der Waals surface area (Å²) >= 11 is 0. The Bertz CT molecular complexity index is 294. The Morgan fingerprint density at radius 3 is 2.73 bits per heavy atom. The van der Waals surface area contributed by atoms with Gasteiger partial charge in [0.25, 0.3) is 0 Å². The van der Waals surface area contributed by atoms with Crippen LogP contribution in [0.15, 0.2) is 23.0 Å². The molecule has 0 bridgehead atoms. The number of hydrogen-bond donors (Lipinski definition) is 2. The Kier molecular flexibility index (Phi) is 4.37. The molecule has 15 heavy (non-hydrogen) atoms. The molecule has 4 nitrogen and oxygen atoms in total. The third kappa shape index (κ3) is 4.16. The van der Waals surface area contributed by atoms with Crippen LogP contribution < -0.4 is 10.6 Å². The van der Waals surface area contributed by atoms with E-state index in [1.807, 2.05) is 26.8 Å². The van der Waals surface area contributed by atoms with Crippen molar-refractivity contribution in [2.24, 2.45) is 0 Å². The van der Waals surface area contributed by atoms with Gasteiger partial charge >= 0.3 is 0 Å². The highest BCUT2D eigenvalue weighted by molar-refractivity contribution is 5.78. The van der Waals surface area contributed by atoms with E-state index < -0.39 is 0 Å². The third-order valence-corrected chi connectivity index (χ3v) is 2.06. The average Bonchev–Trinajstić information content (AvgIpc) is 2.65. The Balaban J connectivity index is 2.28. The minimum Gasteiger partial charge on any atom is -0.472 e. The van der Waals surface area contributed by atoms with Crippen molar-refractivity contribution in [3.8, 4) is 0 Å². The fourth-order valence-electron chi connectivity index (χ4n) is 1.26. The molecule has 0 fully saturated rings. The molecule has 0 saturated heterocycles. The summed E-state index contributed by atoms with van der Waals surface area (Å²) in [6, 6.07) is 2.20. The number of nitrogens with one attached hydrogen (secondary N) is 2. The van der Waals surface area contributed by atoms with Gasteiger partial charge in [-0.25, -0.2) is 0 Å². The Morgan fingerprint density at radius 2 is 2.20 bits per heavy atom. The van der Waals surface area contributed by atoms with Crippen molar-refractivity contribution >= 4 is 5.91 Å².